The summed E-state index contributed by atoms with van der Waals surface area (Å²) < 4.78 is 35.8. The number of halogens is 3. The summed E-state index contributed by atoms with van der Waals surface area (Å²) in [6.45, 7) is 0. The Morgan fingerprint density at radius 2 is 2.08 bits per heavy atom. The van der Waals surface area contributed by atoms with Crippen molar-refractivity contribution in [2.45, 2.75) is 6.18 Å². The van der Waals surface area contributed by atoms with E-state index in [4.69, 9.17) is 5.73 Å². The first-order valence-electron chi connectivity index (χ1n) is 3.04. The molecule has 0 fully saturated rings. The molecular formula is C6H5F3N2O. The Morgan fingerprint density at radius 1 is 1.50 bits per heavy atom. The van der Waals surface area contributed by atoms with E-state index in [0.29, 0.717) is 12.3 Å². The van der Waals surface area contributed by atoms with Crippen molar-refractivity contribution < 1.29 is 18.0 Å². The SMILES string of the molecule is NC1=CC(C(F)(F)F)C=NC1=O. The van der Waals surface area contributed by atoms with Crippen LogP contribution in [0.3, 0.4) is 0 Å². The summed E-state index contributed by atoms with van der Waals surface area (Å²) >= 11 is 0. The lowest BCUT2D eigenvalue weighted by Gasteiger charge is -2.14. The number of carbonyl (C=O) groups is 1. The maximum absolute atomic E-state index is 11.9. The van der Waals surface area contributed by atoms with E-state index in [1.54, 1.807) is 0 Å². The van der Waals surface area contributed by atoms with Crippen LogP contribution in [0.2, 0.25) is 0 Å². The standard InChI is InChI=1S/C6H5F3N2O/c7-6(8,9)3-1-4(10)5(12)11-2-3/h1-3H,10H2. The first kappa shape index (κ1) is 8.76. The van der Waals surface area contributed by atoms with Crippen LogP contribution in [0.15, 0.2) is 16.8 Å². The van der Waals surface area contributed by atoms with Crippen LogP contribution < -0.4 is 5.73 Å². The summed E-state index contributed by atoms with van der Waals surface area (Å²) in [6, 6.07) is 0. The minimum atomic E-state index is -4.42. The number of rotatable bonds is 0. The number of hydrogen-bond acceptors (Lipinski definition) is 2. The Balaban J connectivity index is 2.87. The molecule has 0 aliphatic carbocycles. The van der Waals surface area contributed by atoms with Crippen LogP contribution in [0.25, 0.3) is 0 Å². The van der Waals surface area contributed by atoms with E-state index in [0.717, 1.165) is 0 Å². The number of amides is 1. The lowest BCUT2D eigenvalue weighted by molar-refractivity contribution is -0.143. The second-order valence-corrected chi connectivity index (χ2v) is 2.27. The van der Waals surface area contributed by atoms with Gasteiger partial charge in [-0.15, -0.1) is 0 Å². The smallest absolute Gasteiger partial charge is 0.394 e. The van der Waals surface area contributed by atoms with Crippen LogP contribution in [-0.2, 0) is 4.79 Å². The lowest BCUT2D eigenvalue weighted by atomic mass is 10.1. The number of allylic oxidation sites excluding steroid dienone is 1. The number of nitrogens with two attached hydrogens (primary N) is 1. The first-order chi connectivity index (χ1) is 5.41. The third-order valence-electron chi connectivity index (χ3n) is 1.34. The quantitative estimate of drug-likeness (QED) is 0.591. The van der Waals surface area contributed by atoms with Gasteiger partial charge in [0.05, 0.1) is 5.70 Å². The molecule has 0 aromatic rings. The van der Waals surface area contributed by atoms with E-state index in [1.165, 1.54) is 0 Å². The van der Waals surface area contributed by atoms with E-state index >= 15 is 0 Å². The van der Waals surface area contributed by atoms with Gasteiger partial charge >= 0.3 is 6.18 Å². The van der Waals surface area contributed by atoms with Gasteiger partial charge in [-0.25, -0.2) is 4.99 Å². The number of dihydropyridines is 1. The maximum Gasteiger partial charge on any atom is 0.400 e. The van der Waals surface area contributed by atoms with Gasteiger partial charge in [-0.05, 0) is 6.08 Å². The molecule has 0 aromatic carbocycles. The third-order valence-corrected chi connectivity index (χ3v) is 1.34. The Labute approximate surface area is 65.8 Å². The Bertz CT molecular complexity index is 266. The van der Waals surface area contributed by atoms with Crippen LogP contribution >= 0.6 is 0 Å². The van der Waals surface area contributed by atoms with Gasteiger partial charge in [0.25, 0.3) is 5.91 Å². The highest BCUT2D eigenvalue weighted by Crippen LogP contribution is 2.27. The summed E-state index contributed by atoms with van der Waals surface area (Å²) in [5.41, 5.74) is 4.50. The summed E-state index contributed by atoms with van der Waals surface area (Å²) in [4.78, 5) is 13.5. The Morgan fingerprint density at radius 3 is 2.50 bits per heavy atom. The molecule has 0 saturated carbocycles. The molecular weight excluding hydrogens is 173 g/mol. The molecule has 1 atom stereocenters. The van der Waals surface area contributed by atoms with Gasteiger partial charge in [-0.1, -0.05) is 0 Å². The normalized spacial score (nSPS) is 24.1. The predicted octanol–water partition coefficient (Wildman–Crippen LogP) is 0.619. The van der Waals surface area contributed by atoms with Crippen molar-refractivity contribution >= 4 is 12.1 Å². The molecule has 0 radical (unpaired) electrons. The monoisotopic (exact) mass is 178 g/mol. The van der Waals surface area contributed by atoms with Crippen LogP contribution in [0.1, 0.15) is 0 Å². The van der Waals surface area contributed by atoms with Crippen LogP contribution in [0, 0.1) is 5.92 Å². The van der Waals surface area contributed by atoms with Crippen LogP contribution in [-0.4, -0.2) is 18.3 Å². The highest BCUT2D eigenvalue weighted by atomic mass is 19.4. The van der Waals surface area contributed by atoms with E-state index in [1.807, 2.05) is 0 Å². The molecule has 6 heteroatoms. The van der Waals surface area contributed by atoms with E-state index < -0.39 is 23.7 Å². The highest BCUT2D eigenvalue weighted by molar-refractivity contribution is 6.00. The van der Waals surface area contributed by atoms with E-state index in [9.17, 15) is 18.0 Å². The van der Waals surface area contributed by atoms with Gasteiger partial charge in [-0.2, -0.15) is 13.2 Å². The van der Waals surface area contributed by atoms with Gasteiger partial charge in [-0.3, -0.25) is 4.79 Å². The van der Waals surface area contributed by atoms with Gasteiger partial charge in [0.15, 0.2) is 0 Å². The summed E-state index contributed by atoms with van der Waals surface area (Å²) in [5, 5.41) is 0. The van der Waals surface area contributed by atoms with Gasteiger partial charge in [0, 0.05) is 6.21 Å². The third kappa shape index (κ3) is 1.63. The average molecular weight is 178 g/mol. The zero-order chi connectivity index (χ0) is 9.35. The fourth-order valence-electron chi connectivity index (χ4n) is 0.709. The lowest BCUT2D eigenvalue weighted by Crippen LogP contribution is -2.28. The van der Waals surface area contributed by atoms with Gasteiger partial charge < -0.3 is 5.73 Å². The number of hydrogen-bond donors (Lipinski definition) is 1. The van der Waals surface area contributed by atoms with Crippen LogP contribution in [0.4, 0.5) is 13.2 Å². The van der Waals surface area contributed by atoms with Crippen molar-refractivity contribution in [1.82, 2.24) is 0 Å². The molecule has 0 spiro atoms. The second-order valence-electron chi connectivity index (χ2n) is 2.27. The van der Waals surface area contributed by atoms with Gasteiger partial charge in [0.1, 0.15) is 5.92 Å². The molecule has 0 saturated heterocycles. The van der Waals surface area contributed by atoms with E-state index in [2.05, 4.69) is 4.99 Å². The van der Waals surface area contributed by atoms with Crippen molar-refractivity contribution in [3.63, 3.8) is 0 Å². The zero-order valence-electron chi connectivity index (χ0n) is 5.80. The molecule has 1 heterocycles. The molecule has 0 aromatic heterocycles. The molecule has 1 aliphatic rings. The number of aliphatic imine (C=N–C) groups is 1. The molecule has 1 rings (SSSR count). The molecule has 1 amide bonds. The summed E-state index contributed by atoms with van der Waals surface area (Å²) in [6.07, 6.45) is -3.23. The number of nitrogens with zero attached hydrogens (tertiary/aromatic N) is 1. The number of carbonyl (C=O) groups excluding carboxylic acids is 1. The Kier molecular flexibility index (Phi) is 1.91. The van der Waals surface area contributed by atoms with Crippen molar-refractivity contribution in [2.75, 3.05) is 0 Å². The first-order valence-corrected chi connectivity index (χ1v) is 3.04. The molecule has 1 unspecified atom stereocenters. The maximum atomic E-state index is 11.9. The fourth-order valence-corrected chi connectivity index (χ4v) is 0.709. The molecule has 12 heavy (non-hydrogen) atoms. The summed E-state index contributed by atoms with van der Waals surface area (Å²) in [7, 11) is 0. The Hall–Kier alpha value is -1.33. The van der Waals surface area contributed by atoms with Gasteiger partial charge in [0.2, 0.25) is 0 Å². The van der Waals surface area contributed by atoms with Crippen molar-refractivity contribution in [3.05, 3.63) is 11.8 Å². The fraction of sp³-hybridized carbons (Fsp3) is 0.333. The number of alkyl halides is 3. The van der Waals surface area contributed by atoms with E-state index in [-0.39, 0.29) is 0 Å². The molecule has 2 N–H and O–H groups in total. The molecule has 3 nitrogen and oxygen atoms in total. The topological polar surface area (TPSA) is 55.4 Å². The van der Waals surface area contributed by atoms with Crippen LogP contribution in [0.5, 0.6) is 0 Å². The largest absolute Gasteiger partial charge is 0.400 e. The molecule has 66 valence electrons. The second kappa shape index (κ2) is 2.62. The minimum absolute atomic E-state index is 0.458. The highest BCUT2D eigenvalue weighted by Gasteiger charge is 2.38. The minimum Gasteiger partial charge on any atom is -0.394 e. The molecule has 1 aliphatic heterocycles. The summed E-state index contributed by atoms with van der Waals surface area (Å²) in [5.74, 6) is -2.66. The predicted molar refractivity (Wildman–Crippen MR) is 35.3 cm³/mol. The zero-order valence-corrected chi connectivity index (χ0v) is 5.80. The average Bonchev–Trinajstić information content (AvgIpc) is 1.92. The molecule has 0 bridgehead atoms. The van der Waals surface area contributed by atoms with Crippen molar-refractivity contribution in [2.24, 2.45) is 16.6 Å². The van der Waals surface area contributed by atoms with Crippen molar-refractivity contribution in [3.8, 4) is 0 Å². The van der Waals surface area contributed by atoms with Crippen molar-refractivity contribution in [1.29, 1.82) is 0 Å².